The first-order valence-corrected chi connectivity index (χ1v) is 35.0. The van der Waals surface area contributed by atoms with Gasteiger partial charge in [-0.2, -0.15) is 0 Å². The monoisotopic (exact) mass is 1330 g/mol. The van der Waals surface area contributed by atoms with E-state index in [-0.39, 0.29) is 0 Å². The highest BCUT2D eigenvalue weighted by molar-refractivity contribution is 6.11. The van der Waals surface area contributed by atoms with Crippen molar-refractivity contribution in [3.05, 3.63) is 364 Å². The lowest BCUT2D eigenvalue weighted by molar-refractivity contribution is 0.617. The highest BCUT2D eigenvalue weighted by Gasteiger charge is 2.21. The Morgan fingerprint density at radius 1 is 0.173 bits per heavy atom. The van der Waals surface area contributed by atoms with E-state index in [1.54, 1.807) is 0 Å². The first-order valence-electron chi connectivity index (χ1n) is 35.0. The highest BCUT2D eigenvalue weighted by atomic mass is 16.4. The predicted octanol–water partition coefficient (Wildman–Crippen LogP) is 27.2. The zero-order chi connectivity index (χ0) is 68.6. The fourth-order valence-corrected chi connectivity index (χ4v) is 14.8. The van der Waals surface area contributed by atoms with Crippen molar-refractivity contribution < 1.29 is 17.7 Å². The molecule has 0 fully saturated rings. The Bertz CT molecular complexity index is 6600. The van der Waals surface area contributed by atoms with E-state index >= 15 is 0 Å². The molecule has 0 atom stereocenters. The number of nitrogens with zero attached hydrogens (tertiary/aromatic N) is 4. The van der Waals surface area contributed by atoms with Crippen molar-refractivity contribution in [2.24, 2.45) is 0 Å². The third-order valence-electron chi connectivity index (χ3n) is 20.1. The predicted molar refractivity (Wildman–Crippen MR) is 426 cm³/mol. The molecule has 20 aromatic rings. The summed E-state index contributed by atoms with van der Waals surface area (Å²) in [6, 6.07) is 128. The van der Waals surface area contributed by atoms with Gasteiger partial charge >= 0.3 is 0 Å². The van der Waals surface area contributed by atoms with Crippen molar-refractivity contribution in [1.82, 2.24) is 9.97 Å². The number of rotatable bonds is 14. The molecule has 0 aliphatic heterocycles. The van der Waals surface area contributed by atoms with Gasteiger partial charge in [0.05, 0.1) is 0 Å². The molecule has 0 radical (unpaired) electrons. The number of benzene rings is 16. The maximum Gasteiger partial charge on any atom is 0.227 e. The van der Waals surface area contributed by atoms with E-state index in [2.05, 4.69) is 331 Å². The molecule has 20 rings (SSSR count). The molecular formula is C96H60N4O4. The molecule has 0 N–H and O–H groups in total. The summed E-state index contributed by atoms with van der Waals surface area (Å²) in [4.78, 5) is 14.5. The molecule has 4 heterocycles. The molecular weight excluding hydrogens is 1270 g/mol. The van der Waals surface area contributed by atoms with E-state index in [9.17, 15) is 0 Å². The van der Waals surface area contributed by atoms with Crippen LogP contribution in [0.4, 0.5) is 34.1 Å². The Labute approximate surface area is 598 Å². The SMILES string of the molecule is c1ccc(-c2ccc(N(c3ccc(-c4ccc(-c5cccc(-c6nc7cc8c(cc7o6)oc6cc(-c7ccc(N(c9ccc(-c%10ccccc%10)cc9)c9ccc%10ccccc%10c9)cc7)ccc68)c5)cc4)cc3)c3ccc(-c4ccc5c(c4)oc4cc6oc(-c7ccccc7)nc6cc45)cc3)cc2)cc1. The van der Waals surface area contributed by atoms with Crippen molar-refractivity contribution in [1.29, 1.82) is 0 Å². The fraction of sp³-hybridized carbons (Fsp3) is 0. The summed E-state index contributed by atoms with van der Waals surface area (Å²) < 4.78 is 25.9. The molecule has 0 spiro atoms. The van der Waals surface area contributed by atoms with E-state index in [1.165, 1.54) is 27.5 Å². The summed E-state index contributed by atoms with van der Waals surface area (Å²) in [6.45, 7) is 0. The maximum atomic E-state index is 6.62. The summed E-state index contributed by atoms with van der Waals surface area (Å²) in [7, 11) is 0. The topological polar surface area (TPSA) is 84.8 Å². The number of hydrogen-bond donors (Lipinski definition) is 0. The van der Waals surface area contributed by atoms with Crippen LogP contribution < -0.4 is 9.80 Å². The minimum absolute atomic E-state index is 0.552. The van der Waals surface area contributed by atoms with Gasteiger partial charge in [-0.25, -0.2) is 9.97 Å². The Hall–Kier alpha value is -14.1. The molecule has 0 saturated heterocycles. The Morgan fingerprint density at radius 3 is 0.923 bits per heavy atom. The van der Waals surface area contributed by atoms with Crippen molar-refractivity contribution in [3.8, 4) is 89.7 Å². The lowest BCUT2D eigenvalue weighted by atomic mass is 9.99. The van der Waals surface area contributed by atoms with Gasteiger partial charge in [0.25, 0.3) is 0 Å². The molecule has 8 nitrogen and oxygen atoms in total. The number of aromatic nitrogens is 2. The van der Waals surface area contributed by atoms with Crippen molar-refractivity contribution in [2.45, 2.75) is 0 Å². The summed E-state index contributed by atoms with van der Waals surface area (Å²) in [5, 5.41) is 6.45. The first kappa shape index (κ1) is 59.9. The molecule has 8 heteroatoms. The van der Waals surface area contributed by atoms with Gasteiger partial charge in [0.2, 0.25) is 11.8 Å². The molecule has 0 bridgehead atoms. The Morgan fingerprint density at radius 2 is 0.481 bits per heavy atom. The van der Waals surface area contributed by atoms with Crippen LogP contribution in [0.1, 0.15) is 0 Å². The molecule has 0 saturated carbocycles. The van der Waals surface area contributed by atoms with Crippen LogP contribution >= 0.6 is 0 Å². The van der Waals surface area contributed by atoms with Gasteiger partial charge in [-0.1, -0.05) is 218 Å². The Kier molecular flexibility index (Phi) is 14.4. The molecule has 488 valence electrons. The van der Waals surface area contributed by atoms with E-state index < -0.39 is 0 Å². The molecule has 0 unspecified atom stereocenters. The van der Waals surface area contributed by atoms with Crippen LogP contribution in [0.25, 0.3) is 167 Å². The molecule has 104 heavy (non-hydrogen) atoms. The largest absolute Gasteiger partial charge is 0.456 e. The molecule has 0 amide bonds. The second-order valence-electron chi connectivity index (χ2n) is 26.5. The zero-order valence-corrected chi connectivity index (χ0v) is 56.1. The zero-order valence-electron chi connectivity index (χ0n) is 56.1. The van der Waals surface area contributed by atoms with Gasteiger partial charge in [-0.15, -0.1) is 0 Å². The van der Waals surface area contributed by atoms with Gasteiger partial charge in [0.15, 0.2) is 11.2 Å². The number of anilines is 6. The van der Waals surface area contributed by atoms with Gasteiger partial charge in [0, 0.05) is 78.9 Å². The second-order valence-corrected chi connectivity index (χ2v) is 26.5. The minimum atomic E-state index is 0.552. The van der Waals surface area contributed by atoms with E-state index in [1.807, 2.05) is 42.5 Å². The quantitative estimate of drug-likeness (QED) is 0.106. The maximum absolute atomic E-state index is 6.62. The van der Waals surface area contributed by atoms with Crippen molar-refractivity contribution in [3.63, 3.8) is 0 Å². The number of hydrogen-bond acceptors (Lipinski definition) is 8. The number of fused-ring (bicyclic) bond motifs is 9. The van der Waals surface area contributed by atoms with Crippen molar-refractivity contribution in [2.75, 3.05) is 9.80 Å². The van der Waals surface area contributed by atoms with Crippen LogP contribution in [0.15, 0.2) is 382 Å². The minimum Gasteiger partial charge on any atom is -0.456 e. The second kappa shape index (κ2) is 25.0. The summed E-state index contributed by atoms with van der Waals surface area (Å²) >= 11 is 0. The smallest absolute Gasteiger partial charge is 0.227 e. The lowest BCUT2D eigenvalue weighted by Crippen LogP contribution is -2.09. The third kappa shape index (κ3) is 11.0. The van der Waals surface area contributed by atoms with Gasteiger partial charge < -0.3 is 27.5 Å². The van der Waals surface area contributed by atoms with E-state index in [0.717, 1.165) is 150 Å². The van der Waals surface area contributed by atoms with E-state index in [4.69, 9.17) is 27.6 Å². The summed E-state index contributed by atoms with van der Waals surface area (Å²) in [5.74, 6) is 1.15. The van der Waals surface area contributed by atoms with Crippen LogP contribution in [0.3, 0.4) is 0 Å². The summed E-state index contributed by atoms with van der Waals surface area (Å²) in [5.41, 5.74) is 27.6. The molecule has 0 aliphatic carbocycles. The average molecular weight is 1330 g/mol. The average Bonchev–Trinajstić information content (AvgIpc) is 1.67. The van der Waals surface area contributed by atoms with Gasteiger partial charge in [0.1, 0.15) is 33.4 Å². The van der Waals surface area contributed by atoms with Crippen LogP contribution in [0.2, 0.25) is 0 Å². The summed E-state index contributed by atoms with van der Waals surface area (Å²) in [6.07, 6.45) is 0. The molecule has 0 aliphatic rings. The fourth-order valence-electron chi connectivity index (χ4n) is 14.8. The van der Waals surface area contributed by atoms with E-state index in [0.29, 0.717) is 22.9 Å². The van der Waals surface area contributed by atoms with Crippen molar-refractivity contribution >= 4 is 111 Å². The van der Waals surface area contributed by atoms with Gasteiger partial charge in [-0.3, -0.25) is 0 Å². The third-order valence-corrected chi connectivity index (χ3v) is 20.1. The molecule has 16 aromatic carbocycles. The number of oxazole rings is 2. The standard InChI is InChI=1S/C96H60N4O4/c1-4-13-61(14-5-1)65-27-40-77(41-28-65)99(79-46-33-69(34-47-79)74-38-51-83-85-57-87-93(59-91(85)101-89(83)55-74)103-95(97-87)71-18-8-3-9-19-71)78-42-31-67(32-43-78)64-23-25-68(26-24-64)72-21-12-22-76(53-72)96-98-88-58-86-84-52-39-75(56-90(84)102-92(86)60-94(88)104-96)70-35-48-81(49-36-70)100(82-50-37-63-17-10-11-20-73(63)54-82)80-44-29-66(30-45-80)62-15-6-2-7-16-62/h1-60H. The van der Waals surface area contributed by atoms with Crippen LogP contribution in [-0.2, 0) is 0 Å². The first-order chi connectivity index (χ1) is 51.4. The molecule has 4 aromatic heterocycles. The van der Waals surface area contributed by atoms with Crippen LogP contribution in [-0.4, -0.2) is 9.97 Å². The van der Waals surface area contributed by atoms with Crippen LogP contribution in [0.5, 0.6) is 0 Å². The number of furan rings is 2. The Balaban J connectivity index is 0.540. The normalized spacial score (nSPS) is 11.7. The van der Waals surface area contributed by atoms with Crippen LogP contribution in [0, 0.1) is 0 Å². The lowest BCUT2D eigenvalue weighted by Gasteiger charge is -2.26. The van der Waals surface area contributed by atoms with Gasteiger partial charge in [-0.05, 0) is 211 Å². The highest BCUT2D eigenvalue weighted by Crippen LogP contribution is 2.44.